The van der Waals surface area contributed by atoms with Gasteiger partial charge in [0.2, 0.25) is 10.0 Å². The Labute approximate surface area is 143 Å². The fourth-order valence-electron chi connectivity index (χ4n) is 4.06. The van der Waals surface area contributed by atoms with Gasteiger partial charge in [-0.05, 0) is 24.5 Å². The highest BCUT2D eigenvalue weighted by atomic mass is 32.2. The summed E-state index contributed by atoms with van der Waals surface area (Å²) in [6, 6.07) is 8.08. The molecule has 0 bridgehead atoms. The molecule has 130 valence electrons. The summed E-state index contributed by atoms with van der Waals surface area (Å²) in [5, 5.41) is 2.41. The van der Waals surface area contributed by atoms with Gasteiger partial charge in [-0.25, -0.2) is 8.42 Å². The van der Waals surface area contributed by atoms with Crippen LogP contribution in [-0.4, -0.2) is 45.1 Å². The van der Waals surface area contributed by atoms with E-state index in [4.69, 9.17) is 4.74 Å². The third kappa shape index (κ3) is 3.04. The zero-order valence-corrected chi connectivity index (χ0v) is 14.6. The molecule has 0 unspecified atom stereocenters. The smallest absolute Gasteiger partial charge is 0.243 e. The van der Waals surface area contributed by atoms with Gasteiger partial charge in [0.05, 0.1) is 24.2 Å². The Balaban J connectivity index is 1.36. The number of ether oxygens (including phenoxy) is 1. The van der Waals surface area contributed by atoms with E-state index in [0.717, 1.165) is 18.4 Å². The van der Waals surface area contributed by atoms with Crippen molar-refractivity contribution in [2.75, 3.05) is 26.3 Å². The Morgan fingerprint density at radius 3 is 2.62 bits per heavy atom. The minimum atomic E-state index is -3.38. The van der Waals surface area contributed by atoms with Gasteiger partial charge in [-0.2, -0.15) is 4.31 Å². The maximum atomic E-state index is 12.6. The molecule has 4 rings (SSSR count). The molecule has 1 saturated carbocycles. The van der Waals surface area contributed by atoms with E-state index in [-0.39, 0.29) is 0 Å². The Bertz CT molecular complexity index is 708. The second-order valence-electron chi connectivity index (χ2n) is 7.00. The van der Waals surface area contributed by atoms with E-state index in [1.807, 2.05) is 12.1 Å². The number of quaternary nitrogens is 1. The Morgan fingerprint density at radius 1 is 1.17 bits per heavy atom. The second kappa shape index (κ2) is 6.59. The van der Waals surface area contributed by atoms with Crippen LogP contribution in [0.4, 0.5) is 0 Å². The molecular weight excluding hydrogens is 324 g/mol. The van der Waals surface area contributed by atoms with E-state index in [9.17, 15) is 8.42 Å². The Hall–Kier alpha value is -1.21. The third-order valence-electron chi connectivity index (χ3n) is 5.60. The summed E-state index contributed by atoms with van der Waals surface area (Å²) in [6.07, 6.45) is 7.24. The minimum absolute atomic E-state index is 0.385. The molecule has 2 aliphatic carbocycles. The average molecular weight is 349 g/mol. The van der Waals surface area contributed by atoms with Crippen molar-refractivity contribution in [1.82, 2.24) is 4.31 Å². The van der Waals surface area contributed by atoms with Crippen LogP contribution in [0, 0.1) is 11.8 Å². The van der Waals surface area contributed by atoms with Crippen molar-refractivity contribution in [3.05, 3.63) is 42.0 Å². The van der Waals surface area contributed by atoms with Gasteiger partial charge in [0.1, 0.15) is 6.54 Å². The zero-order chi connectivity index (χ0) is 16.6. The maximum Gasteiger partial charge on any atom is 0.243 e. The summed E-state index contributed by atoms with van der Waals surface area (Å²) in [7, 11) is -3.38. The number of allylic oxidation sites excluding steroid dienone is 1. The molecule has 0 radical (unpaired) electrons. The second-order valence-corrected chi connectivity index (χ2v) is 8.94. The number of nitrogens with zero attached hydrogens (tertiary/aromatic N) is 1. The first-order valence-corrected chi connectivity index (χ1v) is 10.3. The van der Waals surface area contributed by atoms with Crippen LogP contribution in [0.15, 0.2) is 41.3 Å². The zero-order valence-electron chi connectivity index (χ0n) is 13.8. The maximum absolute atomic E-state index is 12.6. The van der Waals surface area contributed by atoms with E-state index in [2.05, 4.69) is 17.5 Å². The van der Waals surface area contributed by atoms with Gasteiger partial charge in [-0.3, -0.25) is 0 Å². The molecule has 3 aliphatic rings. The number of morpholine rings is 1. The standard InChI is InChI=1S/C18H24N2O3S/c21-24(22,20-8-10-23-11-9-20)16-6-4-14(5-7-16)13-19-18-12-15-2-1-3-17(15)18/h1,3-7,15,17-19H,2,8-13H2/p+1/t15-,17-,18+/m0/s1. The predicted octanol–water partition coefficient (Wildman–Crippen LogP) is 0.736. The highest BCUT2D eigenvalue weighted by Gasteiger charge is 2.43. The molecule has 1 saturated heterocycles. The van der Waals surface area contributed by atoms with Crippen molar-refractivity contribution in [3.8, 4) is 0 Å². The topological polar surface area (TPSA) is 63.2 Å². The predicted molar refractivity (Wildman–Crippen MR) is 90.8 cm³/mol. The van der Waals surface area contributed by atoms with Gasteiger partial charge in [0.25, 0.3) is 0 Å². The molecule has 0 aromatic heterocycles. The minimum Gasteiger partial charge on any atom is -0.379 e. The van der Waals surface area contributed by atoms with Crippen molar-refractivity contribution in [2.24, 2.45) is 11.8 Å². The normalized spacial score (nSPS) is 30.1. The first kappa shape index (κ1) is 16.3. The SMILES string of the molecule is O=S(=O)(c1ccc(C[NH2+][C@@H]2C[C@@H]3CC=C[C@@H]32)cc1)N1CCOCC1. The lowest BCUT2D eigenvalue weighted by Crippen LogP contribution is -2.92. The van der Waals surface area contributed by atoms with Crippen molar-refractivity contribution in [1.29, 1.82) is 0 Å². The molecule has 3 atom stereocenters. The number of hydrogen-bond donors (Lipinski definition) is 1. The van der Waals surface area contributed by atoms with Crippen LogP contribution >= 0.6 is 0 Å². The summed E-state index contributed by atoms with van der Waals surface area (Å²) in [5.41, 5.74) is 1.18. The van der Waals surface area contributed by atoms with E-state index >= 15 is 0 Å². The van der Waals surface area contributed by atoms with Gasteiger partial charge in [0, 0.05) is 31.0 Å². The molecular formula is C18H25N2O3S+. The lowest BCUT2D eigenvalue weighted by molar-refractivity contribution is -0.722. The largest absolute Gasteiger partial charge is 0.379 e. The summed E-state index contributed by atoms with van der Waals surface area (Å²) in [6.45, 7) is 2.75. The van der Waals surface area contributed by atoms with Crippen molar-refractivity contribution >= 4 is 10.0 Å². The van der Waals surface area contributed by atoms with Crippen LogP contribution in [0.5, 0.6) is 0 Å². The first-order chi connectivity index (χ1) is 11.6. The molecule has 1 aliphatic heterocycles. The lowest BCUT2D eigenvalue weighted by atomic mass is 9.71. The lowest BCUT2D eigenvalue weighted by Gasteiger charge is -2.37. The summed E-state index contributed by atoms with van der Waals surface area (Å²) in [5.74, 6) is 1.64. The molecule has 2 fully saturated rings. The van der Waals surface area contributed by atoms with Crippen molar-refractivity contribution in [3.63, 3.8) is 0 Å². The van der Waals surface area contributed by atoms with Gasteiger partial charge in [-0.1, -0.05) is 24.3 Å². The first-order valence-electron chi connectivity index (χ1n) is 8.81. The summed E-state index contributed by atoms with van der Waals surface area (Å²) in [4.78, 5) is 0.385. The molecule has 5 nitrogen and oxygen atoms in total. The van der Waals surface area contributed by atoms with E-state index in [0.29, 0.717) is 37.2 Å². The quantitative estimate of drug-likeness (QED) is 0.798. The average Bonchev–Trinajstić information content (AvgIpc) is 2.97. The fraction of sp³-hybridized carbons (Fsp3) is 0.556. The van der Waals surface area contributed by atoms with Gasteiger partial charge in [0.15, 0.2) is 0 Å². The van der Waals surface area contributed by atoms with Crippen molar-refractivity contribution in [2.45, 2.75) is 30.3 Å². The molecule has 1 heterocycles. The summed E-state index contributed by atoms with van der Waals surface area (Å²) < 4.78 is 31.9. The fourth-order valence-corrected chi connectivity index (χ4v) is 5.46. The van der Waals surface area contributed by atoms with E-state index in [1.165, 1.54) is 22.7 Å². The number of rotatable bonds is 5. The van der Waals surface area contributed by atoms with Crippen LogP contribution in [0.3, 0.4) is 0 Å². The van der Waals surface area contributed by atoms with Crippen LogP contribution in [0.1, 0.15) is 18.4 Å². The third-order valence-corrected chi connectivity index (χ3v) is 7.51. The summed E-state index contributed by atoms with van der Waals surface area (Å²) >= 11 is 0. The monoisotopic (exact) mass is 349 g/mol. The number of sulfonamides is 1. The van der Waals surface area contributed by atoms with E-state index in [1.54, 1.807) is 12.1 Å². The number of benzene rings is 1. The molecule has 6 heteroatoms. The highest BCUT2D eigenvalue weighted by Crippen LogP contribution is 2.40. The van der Waals surface area contributed by atoms with Crippen LogP contribution < -0.4 is 5.32 Å². The van der Waals surface area contributed by atoms with Crippen LogP contribution in [0.25, 0.3) is 0 Å². The molecule has 0 spiro atoms. The number of nitrogens with two attached hydrogens (primary N) is 1. The highest BCUT2D eigenvalue weighted by molar-refractivity contribution is 7.89. The van der Waals surface area contributed by atoms with Gasteiger partial charge >= 0.3 is 0 Å². The number of fused-ring (bicyclic) bond motifs is 1. The molecule has 0 amide bonds. The number of hydrogen-bond acceptors (Lipinski definition) is 3. The van der Waals surface area contributed by atoms with Gasteiger partial charge < -0.3 is 10.1 Å². The van der Waals surface area contributed by atoms with Crippen LogP contribution in [0.2, 0.25) is 0 Å². The van der Waals surface area contributed by atoms with Gasteiger partial charge in [-0.15, -0.1) is 0 Å². The van der Waals surface area contributed by atoms with Crippen LogP contribution in [-0.2, 0) is 21.3 Å². The molecule has 2 N–H and O–H groups in total. The van der Waals surface area contributed by atoms with E-state index < -0.39 is 10.0 Å². The Morgan fingerprint density at radius 2 is 1.92 bits per heavy atom. The van der Waals surface area contributed by atoms with Crippen molar-refractivity contribution < 1.29 is 18.5 Å². The Kier molecular flexibility index (Phi) is 4.47. The molecule has 1 aromatic rings. The molecule has 1 aromatic carbocycles. The molecule has 24 heavy (non-hydrogen) atoms.